The lowest BCUT2D eigenvalue weighted by molar-refractivity contribution is 0.442. The number of anilines is 1. The lowest BCUT2D eigenvalue weighted by Gasteiger charge is -2.34. The molecule has 2 unspecified atom stereocenters. The van der Waals surface area contributed by atoms with Gasteiger partial charge >= 0.3 is 0 Å². The molecule has 2 saturated heterocycles. The van der Waals surface area contributed by atoms with Crippen molar-refractivity contribution in [2.45, 2.75) is 44.8 Å². The van der Waals surface area contributed by atoms with Gasteiger partial charge in [0, 0.05) is 68.7 Å². The molecule has 0 amide bonds. The van der Waals surface area contributed by atoms with Crippen LogP contribution in [0.2, 0.25) is 0 Å². The van der Waals surface area contributed by atoms with Gasteiger partial charge in [-0.2, -0.15) is 0 Å². The summed E-state index contributed by atoms with van der Waals surface area (Å²) in [6.07, 6.45) is 6.31. The summed E-state index contributed by atoms with van der Waals surface area (Å²) < 4.78 is 30.9. The fourth-order valence-corrected chi connectivity index (χ4v) is 5.42. The number of nitrogens with zero attached hydrogens (tertiary/aromatic N) is 5. The van der Waals surface area contributed by atoms with Crippen molar-refractivity contribution in [3.63, 3.8) is 0 Å². The Morgan fingerprint density at radius 2 is 1.91 bits per heavy atom. The Hall–Kier alpha value is -3.13. The number of aromatic nitrogens is 3. The number of fused-ring (bicyclic) bond motifs is 4. The molecular formula is C25H26F2N6. The standard InChI is InChI=1S/C25H26F2N6/c1-3-20-30-24-17(25(31-20)33-11-15-7-8-16(12-33)29-15)9-28-23(22(24)27)18-13-32(2)10-14-5-4-6-19(26)21(14)18/h4-6,9,13,15-16,29H,3,7-8,10-12H2,1-2H3. The monoisotopic (exact) mass is 448 g/mol. The minimum Gasteiger partial charge on any atom is -0.376 e. The summed E-state index contributed by atoms with van der Waals surface area (Å²) in [5.74, 6) is 0.442. The number of rotatable bonds is 3. The van der Waals surface area contributed by atoms with Gasteiger partial charge < -0.3 is 15.1 Å². The van der Waals surface area contributed by atoms with E-state index in [0.29, 0.717) is 47.4 Å². The highest BCUT2D eigenvalue weighted by atomic mass is 19.1. The topological polar surface area (TPSA) is 57.2 Å². The third kappa shape index (κ3) is 3.35. The van der Waals surface area contributed by atoms with E-state index in [1.54, 1.807) is 18.5 Å². The van der Waals surface area contributed by atoms with E-state index >= 15 is 4.39 Å². The molecule has 3 aromatic rings. The summed E-state index contributed by atoms with van der Waals surface area (Å²) in [6, 6.07) is 5.82. The molecule has 5 heterocycles. The second-order valence-corrected chi connectivity index (χ2v) is 9.27. The third-order valence-corrected chi connectivity index (χ3v) is 6.94. The Balaban J connectivity index is 1.52. The zero-order chi connectivity index (χ0) is 22.7. The van der Waals surface area contributed by atoms with Crippen LogP contribution in [0.1, 0.15) is 42.4 Å². The lowest BCUT2D eigenvalue weighted by atomic mass is 9.93. The quantitative estimate of drug-likeness (QED) is 0.660. The number of piperazine rings is 1. The van der Waals surface area contributed by atoms with Crippen molar-refractivity contribution >= 4 is 22.3 Å². The van der Waals surface area contributed by atoms with Gasteiger partial charge in [0.25, 0.3) is 0 Å². The number of aryl methyl sites for hydroxylation is 1. The van der Waals surface area contributed by atoms with E-state index in [2.05, 4.69) is 20.2 Å². The van der Waals surface area contributed by atoms with Crippen LogP contribution in [0.3, 0.4) is 0 Å². The van der Waals surface area contributed by atoms with Crippen molar-refractivity contribution in [2.24, 2.45) is 0 Å². The van der Waals surface area contributed by atoms with Gasteiger partial charge in [-0.05, 0) is 24.5 Å². The molecule has 6 rings (SSSR count). The van der Waals surface area contributed by atoms with E-state index in [4.69, 9.17) is 4.98 Å². The zero-order valence-electron chi connectivity index (χ0n) is 18.8. The first kappa shape index (κ1) is 20.5. The maximum absolute atomic E-state index is 16.1. The molecular weight excluding hydrogens is 422 g/mol. The Kier molecular flexibility index (Phi) is 4.79. The Bertz CT molecular complexity index is 1280. The number of benzene rings is 1. The first-order chi connectivity index (χ1) is 16.0. The van der Waals surface area contributed by atoms with E-state index < -0.39 is 5.82 Å². The molecule has 8 heteroatoms. The van der Waals surface area contributed by atoms with Crippen LogP contribution in [0.15, 0.2) is 30.6 Å². The van der Waals surface area contributed by atoms with E-state index in [1.807, 2.05) is 24.9 Å². The Morgan fingerprint density at radius 1 is 1.12 bits per heavy atom. The predicted molar refractivity (Wildman–Crippen MR) is 124 cm³/mol. The van der Waals surface area contributed by atoms with Crippen LogP contribution < -0.4 is 10.2 Å². The fourth-order valence-electron chi connectivity index (χ4n) is 5.42. The molecule has 170 valence electrons. The van der Waals surface area contributed by atoms with Crippen molar-refractivity contribution in [3.8, 4) is 0 Å². The number of hydrogen-bond donors (Lipinski definition) is 1. The largest absolute Gasteiger partial charge is 0.376 e. The highest BCUT2D eigenvalue weighted by molar-refractivity contribution is 5.93. The Labute approximate surface area is 191 Å². The number of pyridine rings is 1. The van der Waals surface area contributed by atoms with Crippen LogP contribution in [-0.4, -0.2) is 52.1 Å². The first-order valence-corrected chi connectivity index (χ1v) is 11.6. The molecule has 0 aliphatic carbocycles. The SMILES string of the molecule is CCc1nc(N2CC3CCC(C2)N3)c2cnc(C3=CN(C)Cc4cccc(F)c43)c(F)c2n1. The molecule has 0 saturated carbocycles. The summed E-state index contributed by atoms with van der Waals surface area (Å²) in [6.45, 7) is 4.20. The fraction of sp³-hybridized carbons (Fsp3) is 0.400. The average Bonchev–Trinajstić information content (AvgIpc) is 3.15. The lowest BCUT2D eigenvalue weighted by Crippen LogP contribution is -2.51. The van der Waals surface area contributed by atoms with Crippen molar-refractivity contribution < 1.29 is 8.78 Å². The van der Waals surface area contributed by atoms with Gasteiger partial charge in [0.2, 0.25) is 0 Å². The zero-order valence-corrected chi connectivity index (χ0v) is 18.8. The molecule has 2 bridgehead atoms. The van der Waals surface area contributed by atoms with Crippen LogP contribution in [0.5, 0.6) is 0 Å². The van der Waals surface area contributed by atoms with E-state index in [0.717, 1.165) is 37.3 Å². The molecule has 0 spiro atoms. The molecule has 6 nitrogen and oxygen atoms in total. The van der Waals surface area contributed by atoms with Crippen molar-refractivity contribution in [1.82, 2.24) is 25.2 Å². The normalized spacial score (nSPS) is 22.0. The minimum absolute atomic E-state index is 0.118. The number of nitrogens with one attached hydrogen (secondary N) is 1. The predicted octanol–water partition coefficient (Wildman–Crippen LogP) is 3.64. The van der Waals surface area contributed by atoms with Gasteiger partial charge in [0.1, 0.15) is 28.7 Å². The van der Waals surface area contributed by atoms with Gasteiger partial charge in [0.05, 0.1) is 5.39 Å². The first-order valence-electron chi connectivity index (χ1n) is 11.6. The van der Waals surface area contributed by atoms with Gasteiger partial charge in [-0.1, -0.05) is 19.1 Å². The molecule has 33 heavy (non-hydrogen) atoms. The smallest absolute Gasteiger partial charge is 0.175 e. The third-order valence-electron chi connectivity index (χ3n) is 6.94. The van der Waals surface area contributed by atoms with E-state index in [-0.39, 0.29) is 17.0 Å². The second-order valence-electron chi connectivity index (χ2n) is 9.27. The van der Waals surface area contributed by atoms with Gasteiger partial charge in [-0.25, -0.2) is 18.7 Å². The van der Waals surface area contributed by atoms with Crippen LogP contribution in [0.25, 0.3) is 16.5 Å². The maximum Gasteiger partial charge on any atom is 0.175 e. The maximum atomic E-state index is 16.1. The molecule has 3 aliphatic rings. The summed E-state index contributed by atoms with van der Waals surface area (Å²) in [4.78, 5) is 18.0. The molecule has 2 aromatic heterocycles. The van der Waals surface area contributed by atoms with E-state index in [1.165, 1.54) is 6.07 Å². The van der Waals surface area contributed by atoms with Crippen LogP contribution in [0, 0.1) is 11.6 Å². The van der Waals surface area contributed by atoms with Crippen LogP contribution in [0.4, 0.5) is 14.6 Å². The van der Waals surface area contributed by atoms with Gasteiger partial charge in [0.15, 0.2) is 5.82 Å². The van der Waals surface area contributed by atoms with Gasteiger partial charge in [-0.3, -0.25) is 4.98 Å². The highest BCUT2D eigenvalue weighted by Gasteiger charge is 2.34. The van der Waals surface area contributed by atoms with E-state index in [9.17, 15) is 4.39 Å². The van der Waals surface area contributed by atoms with Crippen molar-refractivity contribution in [1.29, 1.82) is 0 Å². The minimum atomic E-state index is -0.528. The number of hydrogen-bond acceptors (Lipinski definition) is 6. The molecule has 3 aliphatic heterocycles. The molecule has 1 N–H and O–H groups in total. The summed E-state index contributed by atoms with van der Waals surface area (Å²) in [7, 11) is 1.89. The number of halogens is 2. The molecule has 2 fully saturated rings. The van der Waals surface area contributed by atoms with Gasteiger partial charge in [-0.15, -0.1) is 0 Å². The second kappa shape index (κ2) is 7.73. The summed E-state index contributed by atoms with van der Waals surface area (Å²) >= 11 is 0. The van der Waals surface area contributed by atoms with Crippen molar-refractivity contribution in [3.05, 3.63) is 64.9 Å². The summed E-state index contributed by atoms with van der Waals surface area (Å²) in [5.41, 5.74) is 2.03. The Morgan fingerprint density at radius 3 is 2.67 bits per heavy atom. The van der Waals surface area contributed by atoms with Crippen LogP contribution >= 0.6 is 0 Å². The molecule has 1 aromatic carbocycles. The molecule has 0 radical (unpaired) electrons. The summed E-state index contributed by atoms with van der Waals surface area (Å²) in [5, 5.41) is 4.23. The molecule has 2 atom stereocenters. The highest BCUT2D eigenvalue weighted by Crippen LogP contribution is 2.37. The average molecular weight is 449 g/mol. The van der Waals surface area contributed by atoms with Crippen molar-refractivity contribution in [2.75, 3.05) is 25.0 Å². The van der Waals surface area contributed by atoms with Crippen LogP contribution in [-0.2, 0) is 13.0 Å².